The maximum absolute atomic E-state index is 14.8. The summed E-state index contributed by atoms with van der Waals surface area (Å²) in [6.45, 7) is 6.01. The van der Waals surface area contributed by atoms with Crippen molar-refractivity contribution < 1.29 is 13.5 Å². The molecule has 2 aliphatic heterocycles. The average molecular weight is 423 g/mol. The van der Waals surface area contributed by atoms with E-state index >= 15 is 0 Å². The van der Waals surface area contributed by atoms with Crippen LogP contribution in [0.4, 0.5) is 31.8 Å². The number of hydrogen-bond acceptors (Lipinski definition) is 6. The molecule has 0 bridgehead atoms. The van der Waals surface area contributed by atoms with Crippen molar-refractivity contribution in [2.75, 3.05) is 35.2 Å². The molecule has 3 heterocycles. The highest BCUT2D eigenvalue weighted by molar-refractivity contribution is 5.73. The number of anilines is 4. The van der Waals surface area contributed by atoms with E-state index < -0.39 is 11.6 Å². The van der Waals surface area contributed by atoms with Crippen LogP contribution in [0, 0.1) is 11.6 Å². The highest BCUT2D eigenvalue weighted by Gasteiger charge is 2.25. The Morgan fingerprint density at radius 3 is 2.87 bits per heavy atom. The van der Waals surface area contributed by atoms with Crippen LogP contribution < -0.4 is 20.3 Å². The monoisotopic (exact) mass is 423 g/mol. The van der Waals surface area contributed by atoms with Gasteiger partial charge in [-0.25, -0.2) is 18.7 Å². The van der Waals surface area contributed by atoms with Crippen molar-refractivity contribution >= 4 is 23.0 Å². The molecular formula is C23H23F2N5O. The van der Waals surface area contributed by atoms with Crippen molar-refractivity contribution in [2.24, 2.45) is 0 Å². The Labute approximate surface area is 179 Å². The Bertz CT molecular complexity index is 1150. The minimum Gasteiger partial charge on any atom is -0.486 e. The molecule has 2 aliphatic rings. The molecule has 160 valence electrons. The summed E-state index contributed by atoms with van der Waals surface area (Å²) in [6, 6.07) is 9.10. The number of halogens is 2. The smallest absolute Gasteiger partial charge is 0.227 e. The highest BCUT2D eigenvalue weighted by Crippen LogP contribution is 2.39. The lowest BCUT2D eigenvalue weighted by Crippen LogP contribution is -2.38. The number of hydrogen-bond donors (Lipinski definition) is 2. The predicted molar refractivity (Wildman–Crippen MR) is 117 cm³/mol. The van der Waals surface area contributed by atoms with Crippen LogP contribution in [0.5, 0.6) is 5.75 Å². The predicted octanol–water partition coefficient (Wildman–Crippen LogP) is 4.74. The minimum absolute atomic E-state index is 0.0350. The van der Waals surface area contributed by atoms with E-state index in [1.807, 2.05) is 36.9 Å². The van der Waals surface area contributed by atoms with E-state index in [-0.39, 0.29) is 23.4 Å². The second kappa shape index (κ2) is 7.68. The molecule has 31 heavy (non-hydrogen) atoms. The molecule has 0 fully saturated rings. The summed E-state index contributed by atoms with van der Waals surface area (Å²) in [6.07, 6.45) is 2.10. The van der Waals surface area contributed by atoms with Gasteiger partial charge in [0.15, 0.2) is 17.4 Å². The van der Waals surface area contributed by atoms with E-state index in [1.54, 1.807) is 6.07 Å². The van der Waals surface area contributed by atoms with Gasteiger partial charge in [0.1, 0.15) is 12.3 Å². The zero-order chi connectivity index (χ0) is 21.5. The third kappa shape index (κ3) is 3.62. The lowest BCUT2D eigenvalue weighted by atomic mass is 10.1. The fraction of sp³-hybridized carbons (Fsp3) is 0.304. The molecule has 5 rings (SSSR count). The third-order valence-electron chi connectivity index (χ3n) is 5.63. The van der Waals surface area contributed by atoms with E-state index in [1.165, 1.54) is 11.6 Å². The Kier molecular flexibility index (Phi) is 4.84. The van der Waals surface area contributed by atoms with E-state index in [4.69, 9.17) is 4.74 Å². The maximum Gasteiger partial charge on any atom is 0.227 e. The van der Waals surface area contributed by atoms with Crippen LogP contribution in [-0.4, -0.2) is 35.7 Å². The largest absolute Gasteiger partial charge is 0.486 e. The van der Waals surface area contributed by atoms with Gasteiger partial charge in [-0.1, -0.05) is 6.07 Å². The van der Waals surface area contributed by atoms with Crippen LogP contribution in [0.3, 0.4) is 0 Å². The molecule has 2 N–H and O–H groups in total. The van der Waals surface area contributed by atoms with Crippen LogP contribution in [0.2, 0.25) is 0 Å². The van der Waals surface area contributed by atoms with Crippen LogP contribution in [0.15, 0.2) is 36.5 Å². The number of ether oxygens (including phenoxy) is 1. The standard InChI is InChI=1S/C23H23F2N5O/c1-13(2)30-7-8-31-22-17(24)9-15(10-20(22)30)21-18(25)12-27-23(29-21)28-16-4-3-14-5-6-26-19(14)11-16/h3-4,9-13,26H,5-8H2,1-2H3,(H,27,28,29). The Hall–Kier alpha value is -3.42. The zero-order valence-corrected chi connectivity index (χ0v) is 17.4. The first-order valence-corrected chi connectivity index (χ1v) is 10.4. The molecule has 1 aromatic heterocycles. The van der Waals surface area contributed by atoms with Gasteiger partial charge in [-0.2, -0.15) is 0 Å². The molecule has 2 aromatic carbocycles. The SMILES string of the molecule is CC(C)N1CCOc2c(F)cc(-c3nc(Nc4ccc5c(c4)NCC5)ncc3F)cc21. The molecule has 0 atom stereocenters. The summed E-state index contributed by atoms with van der Waals surface area (Å²) in [5.41, 5.74) is 4.10. The van der Waals surface area contributed by atoms with Crippen LogP contribution in [0.25, 0.3) is 11.3 Å². The third-order valence-corrected chi connectivity index (χ3v) is 5.63. The Balaban J connectivity index is 1.51. The van der Waals surface area contributed by atoms with E-state index in [9.17, 15) is 8.78 Å². The van der Waals surface area contributed by atoms with Gasteiger partial charge < -0.3 is 20.3 Å². The maximum atomic E-state index is 14.8. The van der Waals surface area contributed by atoms with Crippen LogP contribution >= 0.6 is 0 Å². The molecule has 0 unspecified atom stereocenters. The number of nitrogens with one attached hydrogen (secondary N) is 2. The van der Waals surface area contributed by atoms with Crippen molar-refractivity contribution in [3.63, 3.8) is 0 Å². The minimum atomic E-state index is -0.617. The fourth-order valence-electron chi connectivity index (χ4n) is 4.10. The number of aromatic nitrogens is 2. The van der Waals surface area contributed by atoms with Gasteiger partial charge >= 0.3 is 0 Å². The van der Waals surface area contributed by atoms with Crippen LogP contribution in [-0.2, 0) is 6.42 Å². The number of fused-ring (bicyclic) bond motifs is 2. The van der Waals surface area contributed by atoms with Gasteiger partial charge in [-0.15, -0.1) is 0 Å². The highest BCUT2D eigenvalue weighted by atomic mass is 19.1. The molecule has 0 amide bonds. The molecule has 0 spiro atoms. The molecule has 6 nitrogen and oxygen atoms in total. The van der Waals surface area contributed by atoms with Gasteiger partial charge in [0.2, 0.25) is 5.95 Å². The topological polar surface area (TPSA) is 62.3 Å². The van der Waals surface area contributed by atoms with Crippen molar-refractivity contribution in [2.45, 2.75) is 26.3 Å². The molecule has 0 saturated heterocycles. The fourth-order valence-corrected chi connectivity index (χ4v) is 4.10. The first-order chi connectivity index (χ1) is 15.0. The summed E-state index contributed by atoms with van der Waals surface area (Å²) in [5, 5.41) is 6.44. The van der Waals surface area contributed by atoms with Crippen molar-refractivity contribution in [1.82, 2.24) is 9.97 Å². The number of rotatable bonds is 4. The van der Waals surface area contributed by atoms with Crippen molar-refractivity contribution in [3.8, 4) is 17.0 Å². The van der Waals surface area contributed by atoms with Crippen molar-refractivity contribution in [3.05, 3.63) is 53.7 Å². The van der Waals surface area contributed by atoms with Gasteiger partial charge in [0, 0.05) is 29.5 Å². The quantitative estimate of drug-likeness (QED) is 0.632. The first-order valence-electron chi connectivity index (χ1n) is 10.4. The Morgan fingerprint density at radius 2 is 2.03 bits per heavy atom. The average Bonchev–Trinajstić information content (AvgIpc) is 3.22. The molecule has 0 aliphatic carbocycles. The van der Waals surface area contributed by atoms with Crippen molar-refractivity contribution in [1.29, 1.82) is 0 Å². The van der Waals surface area contributed by atoms with Gasteiger partial charge in [0.25, 0.3) is 0 Å². The lowest BCUT2D eigenvalue weighted by molar-refractivity contribution is 0.287. The van der Waals surface area contributed by atoms with Gasteiger partial charge in [-0.05, 0) is 50.1 Å². The van der Waals surface area contributed by atoms with Gasteiger partial charge in [0.05, 0.1) is 18.4 Å². The number of benzene rings is 2. The summed E-state index contributed by atoms with van der Waals surface area (Å²) < 4.78 is 35.0. The summed E-state index contributed by atoms with van der Waals surface area (Å²) in [4.78, 5) is 10.5. The lowest BCUT2D eigenvalue weighted by Gasteiger charge is -2.34. The van der Waals surface area contributed by atoms with E-state index in [0.29, 0.717) is 24.4 Å². The zero-order valence-electron chi connectivity index (χ0n) is 17.4. The second-order valence-electron chi connectivity index (χ2n) is 8.01. The van der Waals surface area contributed by atoms with Gasteiger partial charge in [-0.3, -0.25) is 0 Å². The normalized spacial score (nSPS) is 14.7. The number of nitrogens with zero attached hydrogens (tertiary/aromatic N) is 3. The Morgan fingerprint density at radius 1 is 1.16 bits per heavy atom. The van der Waals surface area contributed by atoms with E-state index in [0.717, 1.165) is 30.5 Å². The summed E-state index contributed by atoms with van der Waals surface area (Å²) >= 11 is 0. The molecule has 0 saturated carbocycles. The summed E-state index contributed by atoms with van der Waals surface area (Å²) in [7, 11) is 0. The van der Waals surface area contributed by atoms with Crippen LogP contribution in [0.1, 0.15) is 19.4 Å². The molecule has 3 aromatic rings. The summed E-state index contributed by atoms with van der Waals surface area (Å²) in [5.74, 6) is -0.713. The molecule has 8 heteroatoms. The van der Waals surface area contributed by atoms with E-state index in [2.05, 4.69) is 20.6 Å². The molecular weight excluding hydrogens is 400 g/mol. The molecule has 0 radical (unpaired) electrons. The first kappa shape index (κ1) is 19.5. The second-order valence-corrected chi connectivity index (χ2v) is 8.01.